The summed E-state index contributed by atoms with van der Waals surface area (Å²) in [7, 11) is 0.974. The number of nitrogens with zero attached hydrogens (tertiary/aromatic N) is 5. The number of rotatable bonds is 9. The third-order valence-corrected chi connectivity index (χ3v) is 4.39. The van der Waals surface area contributed by atoms with Gasteiger partial charge in [0, 0.05) is 24.1 Å². The standard InChI is InChI=1S/C19H13F4N5O8/c1-27(7-12(30)31)11(29)6-10(13-14(20)16(22)18(25-26-24)17(23)15(13)21)36-19(32)35-9-4-2-8(3-5-9)28(33)34/h2-5,10H,6-7H2,1H3,(H,30,31). The molecule has 0 saturated carbocycles. The average molecular weight is 515 g/mol. The number of nitro groups is 1. The van der Waals surface area contributed by atoms with Crippen molar-refractivity contribution in [1.29, 1.82) is 0 Å². The Hall–Kier alpha value is -4.92. The Balaban J connectivity index is 2.45. The molecular weight excluding hydrogens is 502 g/mol. The summed E-state index contributed by atoms with van der Waals surface area (Å²) in [6.07, 6.45) is -5.35. The van der Waals surface area contributed by atoms with Crippen LogP contribution in [0.1, 0.15) is 18.1 Å². The van der Waals surface area contributed by atoms with E-state index in [9.17, 15) is 42.1 Å². The number of carboxylic acids is 1. The highest BCUT2D eigenvalue weighted by molar-refractivity contribution is 5.81. The lowest BCUT2D eigenvalue weighted by Gasteiger charge is -2.22. The number of hydrogen-bond donors (Lipinski definition) is 1. The van der Waals surface area contributed by atoms with Crippen molar-refractivity contribution in [3.05, 3.63) is 73.7 Å². The molecule has 1 amide bonds. The third kappa shape index (κ3) is 6.35. The molecule has 0 fully saturated rings. The number of amides is 1. The largest absolute Gasteiger partial charge is 0.514 e. The van der Waals surface area contributed by atoms with Gasteiger partial charge in [0.1, 0.15) is 24.1 Å². The number of hydrogen-bond acceptors (Lipinski definition) is 8. The summed E-state index contributed by atoms with van der Waals surface area (Å²) in [4.78, 5) is 47.9. The monoisotopic (exact) mass is 515 g/mol. The minimum absolute atomic E-state index is 0.351. The number of halogens is 4. The van der Waals surface area contributed by atoms with Crippen LogP contribution in [-0.4, -0.2) is 46.6 Å². The molecule has 0 aliphatic heterocycles. The number of aliphatic carboxylic acids is 1. The molecule has 0 heterocycles. The number of carbonyl (C=O) groups excluding carboxylic acids is 2. The number of benzene rings is 2. The van der Waals surface area contributed by atoms with Crippen LogP contribution in [0, 0.1) is 33.4 Å². The van der Waals surface area contributed by atoms with E-state index >= 15 is 0 Å². The highest BCUT2D eigenvalue weighted by atomic mass is 19.2. The molecule has 2 aromatic rings. The molecule has 2 aromatic carbocycles. The number of azide groups is 1. The van der Waals surface area contributed by atoms with Crippen molar-refractivity contribution < 1.29 is 51.4 Å². The zero-order chi connectivity index (χ0) is 27.2. The predicted octanol–water partition coefficient (Wildman–Crippen LogP) is 4.28. The SMILES string of the molecule is CN(CC(=O)O)C(=O)CC(OC(=O)Oc1ccc([N+](=O)[O-])cc1)c1c(F)c(F)c(N=[N+]=[N-])c(F)c1F. The highest BCUT2D eigenvalue weighted by Gasteiger charge is 2.34. The number of likely N-dealkylation sites (N-methyl/N-ethyl adjacent to an activating group) is 1. The lowest BCUT2D eigenvalue weighted by Crippen LogP contribution is -2.34. The summed E-state index contributed by atoms with van der Waals surface area (Å²) >= 11 is 0. The van der Waals surface area contributed by atoms with Crippen molar-refractivity contribution in [1.82, 2.24) is 4.90 Å². The van der Waals surface area contributed by atoms with Crippen LogP contribution in [0.5, 0.6) is 5.75 Å². The van der Waals surface area contributed by atoms with Crippen LogP contribution >= 0.6 is 0 Å². The van der Waals surface area contributed by atoms with Crippen LogP contribution in [0.4, 0.5) is 33.7 Å². The molecule has 0 bridgehead atoms. The molecule has 36 heavy (non-hydrogen) atoms. The Morgan fingerprint density at radius 2 is 1.69 bits per heavy atom. The van der Waals surface area contributed by atoms with E-state index in [0.717, 1.165) is 31.3 Å². The van der Waals surface area contributed by atoms with E-state index < -0.39 is 76.5 Å². The summed E-state index contributed by atoms with van der Waals surface area (Å²) in [5.41, 5.74) is 4.70. The first kappa shape index (κ1) is 27.3. The van der Waals surface area contributed by atoms with E-state index in [4.69, 9.17) is 20.1 Å². The van der Waals surface area contributed by atoms with Crippen LogP contribution < -0.4 is 4.74 Å². The van der Waals surface area contributed by atoms with E-state index in [-0.39, 0.29) is 11.4 Å². The van der Waals surface area contributed by atoms with Crippen LogP contribution in [-0.2, 0) is 14.3 Å². The zero-order valence-electron chi connectivity index (χ0n) is 17.9. The van der Waals surface area contributed by atoms with Crippen molar-refractivity contribution in [3.63, 3.8) is 0 Å². The first-order valence-electron chi connectivity index (χ1n) is 9.36. The number of carbonyl (C=O) groups is 3. The van der Waals surface area contributed by atoms with Gasteiger partial charge in [0.15, 0.2) is 23.3 Å². The van der Waals surface area contributed by atoms with Gasteiger partial charge in [-0.15, -0.1) is 0 Å². The lowest BCUT2D eigenvalue weighted by atomic mass is 10.0. The number of carboxylic acid groups (broad SMARTS) is 1. The van der Waals surface area contributed by atoms with Gasteiger partial charge in [-0.05, 0) is 17.7 Å². The summed E-state index contributed by atoms with van der Waals surface area (Å²) in [6, 6.07) is 3.77. The van der Waals surface area contributed by atoms with E-state index in [0.29, 0.717) is 4.90 Å². The van der Waals surface area contributed by atoms with Gasteiger partial charge in [0.25, 0.3) is 5.69 Å². The van der Waals surface area contributed by atoms with Gasteiger partial charge in [0.2, 0.25) is 5.91 Å². The van der Waals surface area contributed by atoms with Crippen molar-refractivity contribution in [2.75, 3.05) is 13.6 Å². The highest BCUT2D eigenvalue weighted by Crippen LogP contribution is 2.36. The van der Waals surface area contributed by atoms with Gasteiger partial charge in [-0.25, -0.2) is 22.4 Å². The maximum Gasteiger partial charge on any atom is 0.514 e. The van der Waals surface area contributed by atoms with Crippen LogP contribution in [0.3, 0.4) is 0 Å². The Morgan fingerprint density at radius 3 is 2.17 bits per heavy atom. The quantitative estimate of drug-likeness (QED) is 0.0590. The molecule has 17 heteroatoms. The Morgan fingerprint density at radius 1 is 1.14 bits per heavy atom. The molecule has 1 atom stereocenters. The smallest absolute Gasteiger partial charge is 0.480 e. The first-order valence-corrected chi connectivity index (χ1v) is 9.36. The maximum absolute atomic E-state index is 14.7. The Labute approximate surface area is 197 Å². The molecule has 13 nitrogen and oxygen atoms in total. The van der Waals surface area contributed by atoms with Crippen molar-refractivity contribution in [3.8, 4) is 5.75 Å². The molecule has 0 saturated heterocycles. The molecular formula is C19H13F4N5O8. The van der Waals surface area contributed by atoms with Crippen molar-refractivity contribution >= 4 is 29.4 Å². The van der Waals surface area contributed by atoms with Crippen LogP contribution in [0.2, 0.25) is 0 Å². The first-order chi connectivity index (χ1) is 16.9. The summed E-state index contributed by atoms with van der Waals surface area (Å²) in [6.45, 7) is -0.887. The molecule has 1 N–H and O–H groups in total. The van der Waals surface area contributed by atoms with Gasteiger partial charge < -0.3 is 19.5 Å². The van der Waals surface area contributed by atoms with E-state index in [1.165, 1.54) is 0 Å². The molecule has 0 aliphatic carbocycles. The van der Waals surface area contributed by atoms with Gasteiger partial charge in [0.05, 0.1) is 16.9 Å². The normalized spacial score (nSPS) is 11.1. The summed E-state index contributed by atoms with van der Waals surface area (Å²) in [5, 5.41) is 22.0. The van der Waals surface area contributed by atoms with Crippen molar-refractivity contribution in [2.24, 2.45) is 5.11 Å². The number of nitro benzene ring substituents is 1. The van der Waals surface area contributed by atoms with Gasteiger partial charge in [-0.3, -0.25) is 19.7 Å². The fourth-order valence-corrected chi connectivity index (χ4v) is 2.73. The van der Waals surface area contributed by atoms with Gasteiger partial charge in [-0.1, -0.05) is 5.11 Å². The van der Waals surface area contributed by atoms with E-state index in [1.807, 2.05) is 4.91 Å². The molecule has 190 valence electrons. The molecule has 0 spiro atoms. The Kier molecular flexibility index (Phi) is 8.71. The molecule has 0 radical (unpaired) electrons. The molecule has 0 aliphatic rings. The van der Waals surface area contributed by atoms with Gasteiger partial charge in [-0.2, -0.15) is 0 Å². The molecule has 2 rings (SSSR count). The predicted molar refractivity (Wildman–Crippen MR) is 108 cm³/mol. The fourth-order valence-electron chi connectivity index (χ4n) is 2.73. The van der Waals surface area contributed by atoms with Crippen LogP contribution in [0.15, 0.2) is 29.4 Å². The minimum atomic E-state index is -2.40. The van der Waals surface area contributed by atoms with E-state index in [2.05, 4.69) is 5.11 Å². The molecule has 0 aromatic heterocycles. The topological polar surface area (TPSA) is 185 Å². The maximum atomic E-state index is 14.7. The summed E-state index contributed by atoms with van der Waals surface area (Å²) < 4.78 is 67.2. The summed E-state index contributed by atoms with van der Waals surface area (Å²) in [5.74, 6) is -11.7. The zero-order valence-corrected chi connectivity index (χ0v) is 17.9. The second kappa shape index (κ2) is 11.5. The van der Waals surface area contributed by atoms with E-state index in [1.54, 1.807) is 0 Å². The second-order valence-corrected chi connectivity index (χ2v) is 6.76. The third-order valence-electron chi connectivity index (χ3n) is 4.39. The van der Waals surface area contributed by atoms with Crippen molar-refractivity contribution in [2.45, 2.75) is 12.5 Å². The number of non-ortho nitro benzene ring substituents is 1. The lowest BCUT2D eigenvalue weighted by molar-refractivity contribution is -0.384. The number of ether oxygens (including phenoxy) is 2. The molecule has 1 unspecified atom stereocenters. The minimum Gasteiger partial charge on any atom is -0.480 e. The second-order valence-electron chi connectivity index (χ2n) is 6.76. The average Bonchev–Trinajstić information content (AvgIpc) is 2.80. The fraction of sp³-hybridized carbons (Fsp3) is 0.211. The van der Waals surface area contributed by atoms with Crippen LogP contribution in [0.25, 0.3) is 10.4 Å². The Bertz CT molecular complexity index is 1240. The van der Waals surface area contributed by atoms with Gasteiger partial charge >= 0.3 is 12.1 Å².